The van der Waals surface area contributed by atoms with Crippen molar-refractivity contribution in [3.8, 4) is 11.5 Å². The number of hydrogen-bond acceptors (Lipinski definition) is 7. The molecule has 0 aromatic heterocycles. The Hall–Kier alpha value is -3.97. The summed E-state index contributed by atoms with van der Waals surface area (Å²) in [7, 11) is 2.98. The molecule has 4 aromatic carbocycles. The number of ether oxygens (including phenoxy) is 2. The summed E-state index contributed by atoms with van der Waals surface area (Å²) in [5.74, 6) is -0.0325. The standard InChI is InChI=1S/C27H26N2O8S2/c1-36-21-12-8-19(9-13-21)28(38(32)33)25-17-18(7-16-26(30)31)27(24-6-4-3-5-23(24)25)29(39(34)35)20-10-14-22(37-2)15-11-20/h3-6,8-15,17H,7,16H2,1-2H3,(H,30,31)(H,32,33)(H,34,35)/p-2. The van der Waals surface area contributed by atoms with Crippen molar-refractivity contribution in [1.29, 1.82) is 0 Å². The van der Waals surface area contributed by atoms with Crippen molar-refractivity contribution in [3.05, 3.63) is 84.4 Å². The molecule has 0 aliphatic heterocycles. The van der Waals surface area contributed by atoms with Crippen molar-refractivity contribution >= 4 is 62.0 Å². The maximum absolute atomic E-state index is 12.7. The summed E-state index contributed by atoms with van der Waals surface area (Å²) in [5.41, 5.74) is 1.39. The van der Waals surface area contributed by atoms with E-state index in [0.29, 0.717) is 33.5 Å². The summed E-state index contributed by atoms with van der Waals surface area (Å²) in [6.45, 7) is 0. The number of anilines is 4. The molecule has 4 rings (SSSR count). The lowest BCUT2D eigenvalue weighted by Crippen LogP contribution is -2.23. The molecule has 39 heavy (non-hydrogen) atoms. The van der Waals surface area contributed by atoms with Crippen LogP contribution in [0, 0.1) is 0 Å². The average Bonchev–Trinajstić information content (AvgIpc) is 2.93. The molecule has 2 atom stereocenters. The predicted molar refractivity (Wildman–Crippen MR) is 148 cm³/mol. The highest BCUT2D eigenvalue weighted by Crippen LogP contribution is 2.44. The predicted octanol–water partition coefficient (Wildman–Crippen LogP) is 4.74. The minimum absolute atomic E-state index is 0.0612. The fourth-order valence-corrected chi connectivity index (χ4v) is 5.53. The van der Waals surface area contributed by atoms with Gasteiger partial charge in [0.25, 0.3) is 0 Å². The summed E-state index contributed by atoms with van der Waals surface area (Å²) >= 11 is -5.59. The number of aryl methyl sites for hydroxylation is 1. The normalized spacial score (nSPS) is 12.5. The first-order chi connectivity index (χ1) is 18.7. The van der Waals surface area contributed by atoms with Crippen molar-refractivity contribution in [3.63, 3.8) is 0 Å². The average molecular weight is 569 g/mol. The second kappa shape index (κ2) is 12.3. The van der Waals surface area contributed by atoms with Gasteiger partial charge in [-0.15, -0.1) is 0 Å². The number of benzene rings is 4. The van der Waals surface area contributed by atoms with Crippen molar-refractivity contribution in [1.82, 2.24) is 0 Å². The van der Waals surface area contributed by atoms with Gasteiger partial charge in [-0.3, -0.25) is 21.8 Å². The molecular formula is C27H24N2O8S2-2. The number of carboxylic acids is 1. The van der Waals surface area contributed by atoms with Gasteiger partial charge in [0.2, 0.25) is 0 Å². The van der Waals surface area contributed by atoms with E-state index in [9.17, 15) is 27.4 Å². The molecule has 10 nitrogen and oxygen atoms in total. The molecule has 0 saturated heterocycles. The highest BCUT2D eigenvalue weighted by Gasteiger charge is 2.24. The van der Waals surface area contributed by atoms with Crippen LogP contribution in [0.15, 0.2) is 78.9 Å². The van der Waals surface area contributed by atoms with Gasteiger partial charge in [0, 0.05) is 17.2 Å². The Balaban J connectivity index is 2.02. The molecule has 204 valence electrons. The van der Waals surface area contributed by atoms with Gasteiger partial charge in [-0.05, 0) is 66.6 Å². The molecule has 1 N–H and O–H groups in total. The molecule has 0 radical (unpaired) electrons. The first kappa shape index (κ1) is 28.0. The van der Waals surface area contributed by atoms with E-state index in [1.54, 1.807) is 72.8 Å². The molecule has 0 saturated carbocycles. The third kappa shape index (κ3) is 6.04. The van der Waals surface area contributed by atoms with E-state index in [0.717, 1.165) is 8.61 Å². The second-order valence-electron chi connectivity index (χ2n) is 8.26. The Labute approximate surface area is 230 Å². The summed E-state index contributed by atoms with van der Waals surface area (Å²) < 4.78 is 62.9. The lowest BCUT2D eigenvalue weighted by Gasteiger charge is -2.33. The minimum atomic E-state index is -2.81. The number of fused-ring (bicyclic) bond motifs is 1. The quantitative estimate of drug-likeness (QED) is 0.256. The SMILES string of the molecule is COc1ccc(N(c2cc(CCC(=O)O)c(N(c3ccc(OC)cc3)S(=O)[O-])c3ccccc23)S(=O)[O-])cc1. The van der Waals surface area contributed by atoms with Gasteiger partial charge in [-0.25, -0.2) is 0 Å². The van der Waals surface area contributed by atoms with Crippen molar-refractivity contribution in [2.45, 2.75) is 12.8 Å². The lowest BCUT2D eigenvalue weighted by molar-refractivity contribution is -0.136. The van der Waals surface area contributed by atoms with Crippen LogP contribution in [0.4, 0.5) is 22.7 Å². The van der Waals surface area contributed by atoms with Crippen LogP contribution in [0.3, 0.4) is 0 Å². The number of carboxylic acid groups (broad SMARTS) is 1. The van der Waals surface area contributed by atoms with Gasteiger partial charge in [-0.1, -0.05) is 24.3 Å². The van der Waals surface area contributed by atoms with Gasteiger partial charge >= 0.3 is 5.97 Å². The zero-order valence-electron chi connectivity index (χ0n) is 20.9. The van der Waals surface area contributed by atoms with E-state index >= 15 is 0 Å². The monoisotopic (exact) mass is 568 g/mol. The van der Waals surface area contributed by atoms with E-state index in [1.165, 1.54) is 20.3 Å². The van der Waals surface area contributed by atoms with E-state index < -0.39 is 28.5 Å². The number of hydrogen-bond donors (Lipinski definition) is 1. The highest BCUT2D eigenvalue weighted by atomic mass is 32.2. The van der Waals surface area contributed by atoms with Crippen LogP contribution in [0.25, 0.3) is 10.8 Å². The van der Waals surface area contributed by atoms with Crippen LogP contribution in [0.1, 0.15) is 12.0 Å². The summed E-state index contributed by atoms with van der Waals surface area (Å²) in [6, 6.07) is 21.0. The minimum Gasteiger partial charge on any atom is -0.755 e. The van der Waals surface area contributed by atoms with Gasteiger partial charge in [0.1, 0.15) is 11.5 Å². The second-order valence-corrected chi connectivity index (χ2v) is 9.86. The fourth-order valence-electron chi connectivity index (χ4n) is 4.27. The topological polar surface area (TPSA) is 142 Å². The third-order valence-electron chi connectivity index (χ3n) is 6.02. The molecule has 0 heterocycles. The molecular weight excluding hydrogens is 544 g/mol. The van der Waals surface area contributed by atoms with E-state index in [4.69, 9.17) is 9.47 Å². The first-order valence-electron chi connectivity index (χ1n) is 11.6. The number of aliphatic carboxylic acids is 1. The van der Waals surface area contributed by atoms with Gasteiger partial charge in [-0.2, -0.15) is 0 Å². The summed E-state index contributed by atoms with van der Waals surface area (Å²) in [4.78, 5) is 11.5. The zero-order valence-corrected chi connectivity index (χ0v) is 22.6. The number of carbonyl (C=O) groups is 1. The van der Waals surface area contributed by atoms with Crippen molar-refractivity contribution in [2.75, 3.05) is 22.8 Å². The molecule has 0 spiro atoms. The Kier molecular flexibility index (Phi) is 8.82. The maximum atomic E-state index is 12.7. The third-order valence-corrected chi connectivity index (χ3v) is 7.41. The molecule has 12 heteroatoms. The Morgan fingerprint density at radius 2 is 1.28 bits per heavy atom. The Bertz CT molecular complexity index is 1530. The van der Waals surface area contributed by atoms with Crippen LogP contribution >= 0.6 is 0 Å². The number of rotatable bonds is 11. The molecule has 2 unspecified atom stereocenters. The van der Waals surface area contributed by atoms with Crippen LogP contribution in [-0.4, -0.2) is 42.8 Å². The van der Waals surface area contributed by atoms with Crippen LogP contribution < -0.4 is 18.1 Å². The molecule has 4 aromatic rings. The Morgan fingerprint density at radius 3 is 1.74 bits per heavy atom. The van der Waals surface area contributed by atoms with Gasteiger partial charge < -0.3 is 23.7 Å². The summed E-state index contributed by atoms with van der Waals surface area (Å²) in [6.07, 6.45) is -0.371. The van der Waals surface area contributed by atoms with Gasteiger partial charge in [0.05, 0.1) is 59.5 Å². The van der Waals surface area contributed by atoms with Crippen molar-refractivity contribution < 1.29 is 36.9 Å². The first-order valence-corrected chi connectivity index (χ1v) is 13.6. The molecule has 0 amide bonds. The number of methoxy groups -OCH3 is 2. The Morgan fingerprint density at radius 1 is 0.795 bits per heavy atom. The summed E-state index contributed by atoms with van der Waals surface area (Å²) in [5, 5.41) is 10.3. The molecule has 0 fully saturated rings. The highest BCUT2D eigenvalue weighted by molar-refractivity contribution is 7.81. The van der Waals surface area contributed by atoms with E-state index in [-0.39, 0.29) is 29.9 Å². The maximum Gasteiger partial charge on any atom is 0.303 e. The fraction of sp³-hybridized carbons (Fsp3) is 0.148. The molecule has 0 aliphatic carbocycles. The van der Waals surface area contributed by atoms with E-state index in [2.05, 4.69) is 0 Å². The van der Waals surface area contributed by atoms with E-state index in [1.807, 2.05) is 0 Å². The lowest BCUT2D eigenvalue weighted by atomic mass is 9.98. The van der Waals surface area contributed by atoms with Crippen LogP contribution in [0.5, 0.6) is 11.5 Å². The molecule has 0 aliphatic rings. The van der Waals surface area contributed by atoms with Crippen LogP contribution in [0.2, 0.25) is 0 Å². The van der Waals surface area contributed by atoms with Crippen molar-refractivity contribution in [2.24, 2.45) is 0 Å². The smallest absolute Gasteiger partial charge is 0.303 e. The number of nitrogens with zero attached hydrogens (tertiary/aromatic N) is 2. The van der Waals surface area contributed by atoms with Gasteiger partial charge in [0.15, 0.2) is 0 Å². The molecule has 0 bridgehead atoms. The van der Waals surface area contributed by atoms with Crippen LogP contribution in [-0.2, 0) is 33.7 Å². The zero-order chi connectivity index (χ0) is 28.1. The largest absolute Gasteiger partial charge is 0.755 e.